The van der Waals surface area contributed by atoms with Crippen molar-refractivity contribution >= 4 is 17.7 Å². The van der Waals surface area contributed by atoms with Crippen LogP contribution in [0.3, 0.4) is 0 Å². The molecule has 3 N–H and O–H groups in total. The summed E-state index contributed by atoms with van der Waals surface area (Å²) >= 11 is 1.63. The van der Waals surface area contributed by atoms with Gasteiger partial charge in [0.2, 0.25) is 0 Å². The Bertz CT molecular complexity index is 408. The Morgan fingerprint density at radius 2 is 2.44 bits per heavy atom. The fraction of sp³-hybridized carbons (Fsp3) is 0.364. The summed E-state index contributed by atoms with van der Waals surface area (Å²) in [5.74, 6) is 0.719. The van der Waals surface area contributed by atoms with E-state index in [0.717, 1.165) is 16.2 Å². The molecular weight excluding hydrogens is 226 g/mol. The number of carbonyl (C=O) groups is 1. The van der Waals surface area contributed by atoms with Crippen molar-refractivity contribution < 1.29 is 14.6 Å². The lowest BCUT2D eigenvalue weighted by molar-refractivity contribution is -0.137. The second-order valence-corrected chi connectivity index (χ2v) is 4.62. The molecule has 1 atom stereocenters. The van der Waals surface area contributed by atoms with Crippen molar-refractivity contribution in [1.29, 1.82) is 0 Å². The maximum atomic E-state index is 10.4. The largest absolute Gasteiger partial charge is 0.481 e. The molecule has 0 bridgehead atoms. The van der Waals surface area contributed by atoms with Gasteiger partial charge in [-0.2, -0.15) is 0 Å². The highest BCUT2D eigenvalue weighted by molar-refractivity contribution is 7.99. The van der Waals surface area contributed by atoms with Crippen molar-refractivity contribution in [2.24, 2.45) is 5.73 Å². The van der Waals surface area contributed by atoms with Gasteiger partial charge in [-0.1, -0.05) is 17.8 Å². The molecule has 0 amide bonds. The average molecular weight is 239 g/mol. The number of aliphatic carboxylic acids is 1. The standard InChI is InChI=1S/C11H13NO3S/c12-8(2-4-11(13)14)7-1-3-9-10(5-7)16-6-15-9/h1,3,5,8H,2,4,6,12H2,(H,13,14). The van der Waals surface area contributed by atoms with Gasteiger partial charge in [-0.05, 0) is 24.1 Å². The van der Waals surface area contributed by atoms with E-state index in [-0.39, 0.29) is 12.5 Å². The molecule has 1 aliphatic heterocycles. The van der Waals surface area contributed by atoms with Crippen LogP contribution >= 0.6 is 11.8 Å². The average Bonchev–Trinajstić information content (AvgIpc) is 2.72. The van der Waals surface area contributed by atoms with Crippen molar-refractivity contribution in [3.63, 3.8) is 0 Å². The molecule has 4 nitrogen and oxygen atoms in total. The molecule has 1 aliphatic rings. The molecule has 0 saturated heterocycles. The minimum atomic E-state index is -0.811. The molecule has 0 radical (unpaired) electrons. The van der Waals surface area contributed by atoms with Crippen LogP contribution in [0.15, 0.2) is 23.1 Å². The van der Waals surface area contributed by atoms with Crippen LogP contribution < -0.4 is 10.5 Å². The maximum Gasteiger partial charge on any atom is 0.303 e. The zero-order valence-electron chi connectivity index (χ0n) is 8.68. The summed E-state index contributed by atoms with van der Waals surface area (Å²) in [6, 6.07) is 5.56. The van der Waals surface area contributed by atoms with Gasteiger partial charge in [0, 0.05) is 12.5 Å². The zero-order valence-corrected chi connectivity index (χ0v) is 9.50. The predicted octanol–water partition coefficient (Wildman–Crippen LogP) is 1.99. The Balaban J connectivity index is 2.06. The number of fused-ring (bicyclic) bond motifs is 1. The van der Waals surface area contributed by atoms with Gasteiger partial charge in [0.15, 0.2) is 0 Å². The van der Waals surface area contributed by atoms with Gasteiger partial charge in [0.1, 0.15) is 11.7 Å². The second kappa shape index (κ2) is 4.76. The van der Waals surface area contributed by atoms with E-state index >= 15 is 0 Å². The van der Waals surface area contributed by atoms with Crippen molar-refractivity contribution in [3.8, 4) is 5.75 Å². The number of hydrogen-bond donors (Lipinski definition) is 2. The van der Waals surface area contributed by atoms with Gasteiger partial charge in [0.05, 0.1) is 4.90 Å². The van der Waals surface area contributed by atoms with E-state index < -0.39 is 5.97 Å². The quantitative estimate of drug-likeness (QED) is 0.840. The number of nitrogens with two attached hydrogens (primary N) is 1. The van der Waals surface area contributed by atoms with Gasteiger partial charge in [-0.3, -0.25) is 4.79 Å². The third-order valence-corrected chi connectivity index (χ3v) is 3.36. The van der Waals surface area contributed by atoms with Crippen LogP contribution in [0.2, 0.25) is 0 Å². The highest BCUT2D eigenvalue weighted by Gasteiger charge is 2.15. The molecule has 1 heterocycles. The number of ether oxygens (including phenoxy) is 1. The lowest BCUT2D eigenvalue weighted by atomic mass is 10.0. The van der Waals surface area contributed by atoms with Crippen molar-refractivity contribution in [2.75, 3.05) is 5.94 Å². The lowest BCUT2D eigenvalue weighted by Gasteiger charge is -2.11. The number of benzene rings is 1. The Morgan fingerprint density at radius 3 is 3.19 bits per heavy atom. The molecule has 1 aromatic rings. The van der Waals surface area contributed by atoms with E-state index in [0.29, 0.717) is 12.4 Å². The summed E-state index contributed by atoms with van der Waals surface area (Å²) in [6.45, 7) is 0. The Morgan fingerprint density at radius 1 is 1.62 bits per heavy atom. The summed E-state index contributed by atoms with van der Waals surface area (Å²) in [4.78, 5) is 11.5. The first-order chi connectivity index (χ1) is 7.66. The minimum Gasteiger partial charge on any atom is -0.481 e. The fourth-order valence-electron chi connectivity index (χ4n) is 1.59. The van der Waals surface area contributed by atoms with E-state index in [9.17, 15) is 4.79 Å². The van der Waals surface area contributed by atoms with E-state index in [1.165, 1.54) is 0 Å². The maximum absolute atomic E-state index is 10.4. The highest BCUT2D eigenvalue weighted by Crippen LogP contribution is 2.37. The summed E-state index contributed by atoms with van der Waals surface area (Å²) in [5.41, 5.74) is 6.89. The van der Waals surface area contributed by atoms with Gasteiger partial charge in [0.25, 0.3) is 0 Å². The first-order valence-corrected chi connectivity index (χ1v) is 6.02. The number of hydrogen-bond acceptors (Lipinski definition) is 4. The molecule has 0 spiro atoms. The third kappa shape index (κ3) is 2.48. The monoisotopic (exact) mass is 239 g/mol. The van der Waals surface area contributed by atoms with Crippen molar-refractivity contribution in [2.45, 2.75) is 23.8 Å². The summed E-state index contributed by atoms with van der Waals surface area (Å²) in [5, 5.41) is 8.58. The van der Waals surface area contributed by atoms with Crippen LogP contribution in [0.25, 0.3) is 0 Å². The predicted molar refractivity (Wildman–Crippen MR) is 61.6 cm³/mol. The van der Waals surface area contributed by atoms with Gasteiger partial charge < -0.3 is 15.6 Å². The minimum absolute atomic E-state index is 0.0991. The van der Waals surface area contributed by atoms with Crippen LogP contribution in [0.5, 0.6) is 5.75 Å². The molecule has 86 valence electrons. The van der Waals surface area contributed by atoms with Gasteiger partial charge in [-0.25, -0.2) is 0 Å². The molecule has 1 unspecified atom stereocenters. The molecule has 1 aromatic carbocycles. The van der Waals surface area contributed by atoms with Crippen LogP contribution in [0, 0.1) is 0 Å². The molecule has 0 fully saturated rings. The lowest BCUT2D eigenvalue weighted by Crippen LogP contribution is -2.12. The third-order valence-electron chi connectivity index (χ3n) is 2.49. The van der Waals surface area contributed by atoms with E-state index in [1.807, 2.05) is 18.2 Å². The van der Waals surface area contributed by atoms with Crippen molar-refractivity contribution in [1.82, 2.24) is 0 Å². The topological polar surface area (TPSA) is 72.6 Å². The molecular formula is C11H13NO3S. The fourth-order valence-corrected chi connectivity index (χ4v) is 2.39. The SMILES string of the molecule is NC(CCC(=O)O)c1ccc2c(c1)SCO2. The normalized spacial score (nSPS) is 15.3. The Labute approximate surface area is 97.8 Å². The molecule has 0 aromatic heterocycles. The van der Waals surface area contributed by atoms with Crippen LogP contribution in [0.1, 0.15) is 24.4 Å². The molecule has 16 heavy (non-hydrogen) atoms. The number of rotatable bonds is 4. The number of carboxylic acid groups (broad SMARTS) is 1. The summed E-state index contributed by atoms with van der Waals surface area (Å²) in [6.07, 6.45) is 0.557. The Hall–Kier alpha value is -1.20. The first-order valence-electron chi connectivity index (χ1n) is 5.04. The molecule has 5 heteroatoms. The molecule has 0 saturated carbocycles. The van der Waals surface area contributed by atoms with E-state index in [4.69, 9.17) is 15.6 Å². The van der Waals surface area contributed by atoms with Crippen molar-refractivity contribution in [3.05, 3.63) is 23.8 Å². The second-order valence-electron chi connectivity index (χ2n) is 3.65. The Kier molecular flexibility index (Phi) is 3.36. The van der Waals surface area contributed by atoms with Crippen LogP contribution in [-0.2, 0) is 4.79 Å². The number of thioether (sulfide) groups is 1. The van der Waals surface area contributed by atoms with Gasteiger partial charge in [-0.15, -0.1) is 0 Å². The first kappa shape index (κ1) is 11.3. The zero-order chi connectivity index (χ0) is 11.5. The van der Waals surface area contributed by atoms with E-state index in [2.05, 4.69) is 0 Å². The number of carboxylic acids is 1. The van der Waals surface area contributed by atoms with Crippen LogP contribution in [0.4, 0.5) is 0 Å². The molecule has 2 rings (SSSR count). The van der Waals surface area contributed by atoms with E-state index in [1.54, 1.807) is 11.8 Å². The smallest absolute Gasteiger partial charge is 0.303 e. The summed E-state index contributed by atoms with van der Waals surface area (Å²) < 4.78 is 5.36. The van der Waals surface area contributed by atoms with Crippen LogP contribution in [-0.4, -0.2) is 17.0 Å². The highest BCUT2D eigenvalue weighted by atomic mass is 32.2. The summed E-state index contributed by atoms with van der Waals surface area (Å²) in [7, 11) is 0. The molecule has 0 aliphatic carbocycles. The van der Waals surface area contributed by atoms with Gasteiger partial charge >= 0.3 is 5.97 Å².